The van der Waals surface area contributed by atoms with Gasteiger partial charge in [-0.3, -0.25) is 4.98 Å². The number of fused-ring (bicyclic) bond motifs is 11. The van der Waals surface area contributed by atoms with Crippen LogP contribution in [0.25, 0.3) is 110 Å². The lowest BCUT2D eigenvalue weighted by Crippen LogP contribution is -1.95. The third kappa shape index (κ3) is 5.19. The Labute approximate surface area is 330 Å². The summed E-state index contributed by atoms with van der Waals surface area (Å²) in [7, 11) is 0. The normalized spacial score (nSPS) is 11.9. The van der Waals surface area contributed by atoms with Crippen LogP contribution in [-0.4, -0.2) is 9.97 Å². The Kier molecular flexibility index (Phi) is 7.42. The van der Waals surface area contributed by atoms with Crippen molar-refractivity contribution in [2.24, 2.45) is 0 Å². The number of rotatable bonds is 4. The van der Waals surface area contributed by atoms with E-state index in [9.17, 15) is 0 Å². The fraction of sp³-hybridized carbons (Fsp3) is 0.0741. The fourth-order valence-electron chi connectivity index (χ4n) is 9.35. The quantitative estimate of drug-likeness (QED) is 0.169. The summed E-state index contributed by atoms with van der Waals surface area (Å²) in [4.78, 5) is 10.8. The molecule has 0 atom stereocenters. The molecule has 0 aliphatic heterocycles. The Morgan fingerprint density at radius 2 is 1.00 bits per heavy atom. The molecule has 0 unspecified atom stereocenters. The van der Waals surface area contributed by atoms with E-state index >= 15 is 0 Å². The van der Waals surface area contributed by atoms with Gasteiger partial charge in [0.05, 0.1) is 22.9 Å². The first-order valence-electron chi connectivity index (χ1n) is 19.6. The lowest BCUT2D eigenvalue weighted by molar-refractivity contribution is 0.670. The van der Waals surface area contributed by atoms with Crippen LogP contribution in [0.1, 0.15) is 22.3 Å². The number of hydrogen-bond acceptors (Lipinski definition) is 3. The molecule has 0 amide bonds. The van der Waals surface area contributed by atoms with Crippen molar-refractivity contribution < 1.29 is 4.42 Å². The summed E-state index contributed by atoms with van der Waals surface area (Å²) in [5.41, 5.74) is 17.5. The molecule has 0 saturated carbocycles. The summed E-state index contributed by atoms with van der Waals surface area (Å²) in [6, 6.07) is 54.6. The average Bonchev–Trinajstić information content (AvgIpc) is 3.63. The molecule has 11 aromatic rings. The van der Waals surface area contributed by atoms with Crippen molar-refractivity contribution in [1.82, 2.24) is 9.97 Å². The smallest absolute Gasteiger partial charge is 0.143 e. The highest BCUT2D eigenvalue weighted by atomic mass is 16.3. The van der Waals surface area contributed by atoms with Crippen molar-refractivity contribution in [2.45, 2.75) is 27.7 Å². The molecule has 2 heterocycles. The Hall–Kier alpha value is -7.10. The van der Waals surface area contributed by atoms with Gasteiger partial charge in [-0.25, -0.2) is 4.98 Å². The van der Waals surface area contributed by atoms with E-state index in [2.05, 4.69) is 173 Å². The molecule has 0 spiro atoms. The van der Waals surface area contributed by atoms with Gasteiger partial charge < -0.3 is 4.42 Å². The molecule has 2 aromatic heterocycles. The summed E-state index contributed by atoms with van der Waals surface area (Å²) in [6.07, 6.45) is 1.95. The minimum atomic E-state index is 0.829. The van der Waals surface area contributed by atoms with Crippen LogP contribution >= 0.6 is 0 Å². The SMILES string of the molecule is Cc1cccc(C)c1-c1ccc2c3ccc(-c4c(C)cccc4C)cc3c3nc(-c4cccc(-c5cc6ccccc6c6c5oc5ccccc56)c4)cnc3c2c1. The van der Waals surface area contributed by atoms with Crippen LogP contribution in [0.2, 0.25) is 0 Å². The minimum absolute atomic E-state index is 0.829. The number of benzene rings is 9. The van der Waals surface area contributed by atoms with E-state index in [-0.39, 0.29) is 0 Å². The molecule has 57 heavy (non-hydrogen) atoms. The third-order valence-corrected chi connectivity index (χ3v) is 12.0. The Morgan fingerprint density at radius 3 is 1.68 bits per heavy atom. The maximum atomic E-state index is 6.63. The molecule has 0 bridgehead atoms. The topological polar surface area (TPSA) is 38.9 Å². The maximum absolute atomic E-state index is 6.63. The average molecular weight is 731 g/mol. The molecule has 11 rings (SSSR count). The van der Waals surface area contributed by atoms with E-state index in [0.717, 1.165) is 66.1 Å². The highest BCUT2D eigenvalue weighted by Gasteiger charge is 2.19. The van der Waals surface area contributed by atoms with Gasteiger partial charge in [-0.1, -0.05) is 121 Å². The minimum Gasteiger partial charge on any atom is -0.455 e. The van der Waals surface area contributed by atoms with E-state index in [0.29, 0.717) is 0 Å². The molecule has 0 N–H and O–H groups in total. The van der Waals surface area contributed by atoms with Crippen molar-refractivity contribution >= 4 is 65.3 Å². The number of furan rings is 1. The predicted molar refractivity (Wildman–Crippen MR) is 240 cm³/mol. The Bertz CT molecular complexity index is 3420. The monoisotopic (exact) mass is 730 g/mol. The zero-order valence-corrected chi connectivity index (χ0v) is 32.3. The van der Waals surface area contributed by atoms with E-state index in [1.165, 1.54) is 66.1 Å². The second-order valence-electron chi connectivity index (χ2n) is 15.5. The zero-order chi connectivity index (χ0) is 38.4. The lowest BCUT2D eigenvalue weighted by Gasteiger charge is -2.16. The molecule has 0 aliphatic rings. The third-order valence-electron chi connectivity index (χ3n) is 12.0. The van der Waals surface area contributed by atoms with Crippen LogP contribution in [0.5, 0.6) is 0 Å². The number of aryl methyl sites for hydroxylation is 4. The summed E-state index contributed by atoms with van der Waals surface area (Å²) < 4.78 is 6.63. The number of para-hydroxylation sites is 1. The van der Waals surface area contributed by atoms with Crippen molar-refractivity contribution in [3.8, 4) is 44.6 Å². The predicted octanol–water partition coefficient (Wildman–Crippen LogP) is 14.9. The van der Waals surface area contributed by atoms with Gasteiger partial charge in [0, 0.05) is 32.7 Å². The second kappa shape index (κ2) is 12.7. The second-order valence-corrected chi connectivity index (χ2v) is 15.5. The van der Waals surface area contributed by atoms with Crippen LogP contribution in [0.3, 0.4) is 0 Å². The van der Waals surface area contributed by atoms with Crippen molar-refractivity contribution in [3.05, 3.63) is 180 Å². The molecule has 0 aliphatic carbocycles. The van der Waals surface area contributed by atoms with Crippen LogP contribution in [0.4, 0.5) is 0 Å². The molecule has 3 nitrogen and oxygen atoms in total. The highest BCUT2D eigenvalue weighted by molar-refractivity contribution is 6.25. The maximum Gasteiger partial charge on any atom is 0.143 e. The molecule has 270 valence electrons. The van der Waals surface area contributed by atoms with Gasteiger partial charge in [0.1, 0.15) is 11.2 Å². The standard InChI is InChI=1S/C54H38N2O/c1-31-12-9-13-32(2)49(31)38-22-24-41-42-25-23-39(50-33(3)14-10-15-34(50)4)29-46(42)53-52(45(41)28-38)55-30-47(56-53)37-18-11-17-35(26-37)44-27-36-16-5-6-19-40(36)51-43-20-7-8-21-48(43)57-54(44)51/h5-30H,1-4H3. The number of aromatic nitrogens is 2. The van der Waals surface area contributed by atoms with Crippen molar-refractivity contribution in [2.75, 3.05) is 0 Å². The summed E-state index contributed by atoms with van der Waals surface area (Å²) in [5, 5.41) is 9.20. The number of nitrogens with zero attached hydrogens (tertiary/aromatic N) is 2. The summed E-state index contributed by atoms with van der Waals surface area (Å²) in [6.45, 7) is 8.77. The van der Waals surface area contributed by atoms with Crippen molar-refractivity contribution in [3.63, 3.8) is 0 Å². The van der Waals surface area contributed by atoms with Gasteiger partial charge in [0.25, 0.3) is 0 Å². The lowest BCUT2D eigenvalue weighted by atomic mass is 9.90. The van der Waals surface area contributed by atoms with Gasteiger partial charge in [0.15, 0.2) is 0 Å². The molecular formula is C54H38N2O. The largest absolute Gasteiger partial charge is 0.455 e. The Morgan fingerprint density at radius 1 is 0.421 bits per heavy atom. The first-order valence-corrected chi connectivity index (χ1v) is 19.6. The Balaban J connectivity index is 1.16. The van der Waals surface area contributed by atoms with Gasteiger partial charge in [0.2, 0.25) is 0 Å². The molecule has 0 fully saturated rings. The van der Waals surface area contributed by atoms with Crippen molar-refractivity contribution in [1.29, 1.82) is 0 Å². The molecule has 0 radical (unpaired) electrons. The molecule has 3 heteroatoms. The first-order chi connectivity index (χ1) is 27.9. The molecular weight excluding hydrogens is 693 g/mol. The van der Waals surface area contributed by atoms with E-state index in [1.807, 2.05) is 12.3 Å². The number of hydrogen-bond donors (Lipinski definition) is 0. The van der Waals surface area contributed by atoms with Crippen LogP contribution in [0.15, 0.2) is 162 Å². The first kappa shape index (κ1) is 33.3. The zero-order valence-electron chi connectivity index (χ0n) is 32.3. The van der Waals surface area contributed by atoms with E-state index in [4.69, 9.17) is 14.4 Å². The van der Waals surface area contributed by atoms with Crippen LogP contribution in [0, 0.1) is 27.7 Å². The van der Waals surface area contributed by atoms with Gasteiger partial charge in [-0.2, -0.15) is 0 Å². The molecule has 9 aromatic carbocycles. The van der Waals surface area contributed by atoms with E-state index in [1.54, 1.807) is 0 Å². The van der Waals surface area contributed by atoms with Crippen LogP contribution < -0.4 is 0 Å². The van der Waals surface area contributed by atoms with Gasteiger partial charge in [-0.05, 0) is 130 Å². The molecule has 0 saturated heterocycles. The van der Waals surface area contributed by atoms with Crippen LogP contribution in [-0.2, 0) is 0 Å². The fourth-order valence-corrected chi connectivity index (χ4v) is 9.35. The van der Waals surface area contributed by atoms with E-state index < -0.39 is 0 Å². The highest BCUT2D eigenvalue weighted by Crippen LogP contribution is 2.43. The summed E-state index contributed by atoms with van der Waals surface area (Å²) in [5.74, 6) is 0. The summed E-state index contributed by atoms with van der Waals surface area (Å²) >= 11 is 0. The van der Waals surface area contributed by atoms with Gasteiger partial charge in [-0.15, -0.1) is 0 Å². The van der Waals surface area contributed by atoms with Gasteiger partial charge >= 0.3 is 0 Å².